The monoisotopic (exact) mass is 650 g/mol. The third-order valence-corrected chi connectivity index (χ3v) is 9.14. The molecule has 1 saturated heterocycles. The molecule has 5 rings (SSSR count). The average Bonchev–Trinajstić information content (AvgIpc) is 3.44. The Morgan fingerprint density at radius 2 is 1.83 bits per heavy atom. The zero-order valence-corrected chi connectivity index (χ0v) is 24.9. The maximum Gasteiger partial charge on any atom is 0.352 e. The molecule has 3 heterocycles. The molecule has 2 aromatic carbocycles. The second-order valence-corrected chi connectivity index (χ2v) is 12.3. The van der Waals surface area contributed by atoms with E-state index in [0.717, 1.165) is 4.88 Å². The lowest BCUT2D eigenvalue weighted by Crippen LogP contribution is -2.70. The molecule has 2 amide bonds. The lowest BCUT2D eigenvalue weighted by atomic mass is 10.0. The van der Waals surface area contributed by atoms with Gasteiger partial charge < -0.3 is 19.9 Å². The number of rotatable bonds is 10. The molecule has 0 bridgehead atoms. The summed E-state index contributed by atoms with van der Waals surface area (Å²) in [6.45, 7) is 0. The highest BCUT2D eigenvalue weighted by atomic mass is 35.5. The molecule has 212 valence electrons. The van der Waals surface area contributed by atoms with Gasteiger partial charge in [-0.05, 0) is 59.8 Å². The first-order chi connectivity index (χ1) is 19.7. The third kappa shape index (κ3) is 6.68. The lowest BCUT2D eigenvalue weighted by molar-refractivity contribution is -0.150. The van der Waals surface area contributed by atoms with Crippen LogP contribution in [-0.4, -0.2) is 45.0 Å². The largest absolute Gasteiger partial charge is 0.477 e. The maximum atomic E-state index is 12.9. The summed E-state index contributed by atoms with van der Waals surface area (Å²) in [6, 6.07) is 12.6. The van der Waals surface area contributed by atoms with E-state index in [4.69, 9.17) is 44.3 Å². The van der Waals surface area contributed by atoms with Crippen LogP contribution < -0.4 is 14.8 Å². The van der Waals surface area contributed by atoms with Gasteiger partial charge in [-0.25, -0.2) is 4.79 Å². The van der Waals surface area contributed by atoms with Crippen LogP contribution >= 0.6 is 57.9 Å². The molecule has 0 saturated carbocycles. The number of carboxylic acids is 1. The number of hydrogen-bond donors (Lipinski definition) is 2. The zero-order valence-electron chi connectivity index (χ0n) is 21.0. The number of fused-ring (bicyclic) bond motifs is 1. The number of amides is 2. The Hall–Kier alpha value is -3.15. The van der Waals surface area contributed by atoms with Crippen LogP contribution in [-0.2, 0) is 20.8 Å². The van der Waals surface area contributed by atoms with Crippen LogP contribution in [0.1, 0.15) is 11.3 Å². The molecule has 2 N–H and O–H groups in total. The van der Waals surface area contributed by atoms with Crippen molar-refractivity contribution in [1.29, 1.82) is 0 Å². The van der Waals surface area contributed by atoms with Crippen molar-refractivity contribution in [3.05, 3.63) is 97.5 Å². The second-order valence-electron chi connectivity index (χ2n) is 8.93. The molecule has 8 nitrogen and oxygen atoms in total. The smallest absolute Gasteiger partial charge is 0.352 e. The minimum absolute atomic E-state index is 0.0729. The van der Waals surface area contributed by atoms with Crippen molar-refractivity contribution in [1.82, 2.24) is 10.2 Å². The Morgan fingerprint density at radius 1 is 1.07 bits per heavy atom. The number of hydrogen-bond acceptors (Lipinski definition) is 7. The number of thioether (sulfide) groups is 1. The molecule has 1 aromatic heterocycles. The highest BCUT2D eigenvalue weighted by Gasteiger charge is 2.54. The van der Waals surface area contributed by atoms with E-state index in [9.17, 15) is 19.5 Å². The molecular formula is C28H21Cl3N2O6S2. The predicted molar refractivity (Wildman–Crippen MR) is 160 cm³/mol. The van der Waals surface area contributed by atoms with Crippen molar-refractivity contribution >= 4 is 75.7 Å². The number of ether oxygens (including phenoxy) is 2. The molecule has 0 aliphatic carbocycles. The average molecular weight is 652 g/mol. The van der Waals surface area contributed by atoms with Gasteiger partial charge in [0.05, 0.1) is 17.7 Å². The molecule has 0 radical (unpaired) electrons. The van der Waals surface area contributed by atoms with Crippen LogP contribution in [0.5, 0.6) is 17.2 Å². The lowest BCUT2D eigenvalue weighted by Gasteiger charge is -2.49. The summed E-state index contributed by atoms with van der Waals surface area (Å²) in [6.07, 6.45) is 3.43. The van der Waals surface area contributed by atoms with Crippen molar-refractivity contribution in [3.63, 3.8) is 0 Å². The number of halogens is 3. The van der Waals surface area contributed by atoms with Gasteiger partial charge in [0, 0.05) is 26.7 Å². The topological polar surface area (TPSA) is 105 Å². The molecule has 0 spiro atoms. The van der Waals surface area contributed by atoms with Gasteiger partial charge in [0.25, 0.3) is 5.91 Å². The van der Waals surface area contributed by atoms with Gasteiger partial charge in [0.2, 0.25) is 5.91 Å². The minimum atomic E-state index is -1.21. The van der Waals surface area contributed by atoms with Crippen molar-refractivity contribution in [2.75, 3.05) is 5.75 Å². The first kappa shape index (κ1) is 29.3. The fraction of sp³-hybridized carbons (Fsp3) is 0.179. The van der Waals surface area contributed by atoms with Crippen molar-refractivity contribution in [2.24, 2.45) is 0 Å². The number of β-lactam (4-membered cyclic amide) rings is 1. The fourth-order valence-corrected chi connectivity index (χ4v) is 6.96. The van der Waals surface area contributed by atoms with Crippen LogP contribution in [0, 0.1) is 0 Å². The predicted octanol–water partition coefficient (Wildman–Crippen LogP) is 6.76. The number of carbonyl (C=O) groups excluding carboxylic acids is 2. The highest BCUT2D eigenvalue weighted by Crippen LogP contribution is 2.42. The van der Waals surface area contributed by atoms with Crippen molar-refractivity contribution in [2.45, 2.75) is 24.3 Å². The number of carboxylic acid groups (broad SMARTS) is 1. The number of allylic oxidation sites excluding steroid dienone is 1. The number of benzene rings is 2. The van der Waals surface area contributed by atoms with E-state index in [2.05, 4.69) is 5.32 Å². The van der Waals surface area contributed by atoms with Crippen LogP contribution in [0.15, 0.2) is 77.5 Å². The van der Waals surface area contributed by atoms with Crippen LogP contribution in [0.3, 0.4) is 0 Å². The van der Waals surface area contributed by atoms with Crippen LogP contribution in [0.25, 0.3) is 0 Å². The molecule has 1 unspecified atom stereocenters. The maximum absolute atomic E-state index is 12.9. The summed E-state index contributed by atoms with van der Waals surface area (Å²) in [5.74, 6) is -0.524. The number of nitrogens with one attached hydrogen (secondary N) is 1. The second kappa shape index (κ2) is 12.8. The summed E-state index contributed by atoms with van der Waals surface area (Å²) >= 11 is 21.2. The molecule has 2 atom stereocenters. The van der Waals surface area contributed by atoms with Gasteiger partial charge in [0.1, 0.15) is 22.9 Å². The number of aliphatic carboxylic acids is 1. The number of thiophene rings is 1. The normalized spacial score (nSPS) is 18.2. The third-order valence-electron chi connectivity index (χ3n) is 6.16. The van der Waals surface area contributed by atoms with E-state index < -0.39 is 23.3 Å². The molecule has 13 heteroatoms. The first-order valence-corrected chi connectivity index (χ1v) is 15.2. The van der Waals surface area contributed by atoms with Gasteiger partial charge in [-0.1, -0.05) is 40.9 Å². The summed E-state index contributed by atoms with van der Waals surface area (Å²) in [7, 11) is 0. The SMILES string of the molecule is O=C(Cc1cccs1)NC1C(=O)N2C(C(=O)O)=C(C/C=C/Oc3cc(Cl)ccc3Oc3ccc(Cl)cc3Cl)CS[C@H]12. The summed E-state index contributed by atoms with van der Waals surface area (Å²) < 4.78 is 11.6. The van der Waals surface area contributed by atoms with E-state index in [-0.39, 0.29) is 24.4 Å². The first-order valence-electron chi connectivity index (χ1n) is 12.2. The quantitative estimate of drug-likeness (QED) is 0.184. The Balaban J connectivity index is 1.24. The molecular weight excluding hydrogens is 631 g/mol. The van der Waals surface area contributed by atoms with Gasteiger partial charge in [0.15, 0.2) is 11.5 Å². The highest BCUT2D eigenvalue weighted by molar-refractivity contribution is 8.00. The van der Waals surface area contributed by atoms with Crippen molar-refractivity contribution < 1.29 is 29.0 Å². The van der Waals surface area contributed by atoms with Crippen molar-refractivity contribution in [3.8, 4) is 17.2 Å². The molecule has 1 fully saturated rings. The van der Waals surface area contributed by atoms with Gasteiger partial charge in [-0.15, -0.1) is 23.1 Å². The van der Waals surface area contributed by atoms with Crippen LogP contribution in [0.4, 0.5) is 0 Å². The van der Waals surface area contributed by atoms with E-state index >= 15 is 0 Å². The van der Waals surface area contributed by atoms with E-state index in [1.54, 1.807) is 42.5 Å². The molecule has 2 aliphatic rings. The number of carbonyl (C=O) groups is 3. The fourth-order valence-electron chi connectivity index (χ4n) is 4.28. The molecule has 3 aromatic rings. The van der Waals surface area contributed by atoms with Gasteiger partial charge in [-0.3, -0.25) is 14.5 Å². The zero-order chi connectivity index (χ0) is 29.1. The molecule has 2 aliphatic heterocycles. The Bertz CT molecular complexity index is 1560. The number of nitrogens with zero attached hydrogens (tertiary/aromatic N) is 1. The van der Waals surface area contributed by atoms with E-state index in [1.165, 1.54) is 34.3 Å². The summed E-state index contributed by atoms with van der Waals surface area (Å²) in [4.78, 5) is 39.6. The molecule has 41 heavy (non-hydrogen) atoms. The van der Waals surface area contributed by atoms with E-state index in [1.807, 2.05) is 17.5 Å². The van der Waals surface area contributed by atoms with E-state index in [0.29, 0.717) is 43.6 Å². The summed E-state index contributed by atoms with van der Waals surface area (Å²) in [5.41, 5.74) is 0.474. The summed E-state index contributed by atoms with van der Waals surface area (Å²) in [5, 5.41) is 15.3. The van der Waals surface area contributed by atoms with Crippen LogP contribution in [0.2, 0.25) is 15.1 Å². The Labute approximate surface area is 258 Å². The Morgan fingerprint density at radius 3 is 2.54 bits per heavy atom. The van der Waals surface area contributed by atoms with Gasteiger partial charge in [-0.2, -0.15) is 0 Å². The minimum Gasteiger partial charge on any atom is -0.477 e. The van der Waals surface area contributed by atoms with Gasteiger partial charge >= 0.3 is 5.97 Å². The Kier molecular flexibility index (Phi) is 9.16. The standard InChI is InChI=1S/C28H21Cl3N2O6S2/c29-16-5-7-20(19(31)11-16)39-21-8-6-17(30)12-22(21)38-9-1-3-15-14-41-27-24(26(35)33(27)25(15)28(36)37)32-23(34)13-18-4-2-10-40-18/h1-2,4-12,24,27H,3,13-14H2,(H,32,34)(H,36,37)/b9-1+/t24?,27-/m1/s1.